The van der Waals surface area contributed by atoms with Crippen molar-refractivity contribution in [2.75, 3.05) is 38.0 Å². The number of hydrogen-bond acceptors (Lipinski definition) is 10. The van der Waals surface area contributed by atoms with Crippen molar-refractivity contribution in [1.82, 2.24) is 9.97 Å². The van der Waals surface area contributed by atoms with Crippen LogP contribution in [0, 0.1) is 0 Å². The molecule has 0 unspecified atom stereocenters. The summed E-state index contributed by atoms with van der Waals surface area (Å²) in [6.07, 6.45) is 6.05. The van der Waals surface area contributed by atoms with E-state index in [1.807, 2.05) is 38.0 Å². The monoisotopic (exact) mass is 701 g/mol. The summed E-state index contributed by atoms with van der Waals surface area (Å²) in [4.78, 5) is 52.7. The van der Waals surface area contributed by atoms with E-state index in [2.05, 4.69) is 9.97 Å². The zero-order chi connectivity index (χ0) is 31.7. The van der Waals surface area contributed by atoms with Crippen LogP contribution in [0.5, 0.6) is 0 Å². The first-order valence-electron chi connectivity index (χ1n) is 12.2. The fourth-order valence-corrected chi connectivity index (χ4v) is 2.81. The number of primary amides is 2. The minimum absolute atomic E-state index is 0. The predicted molar refractivity (Wildman–Crippen MR) is 173 cm³/mol. The predicted octanol–water partition coefficient (Wildman–Crippen LogP) is -2.90. The second-order valence-corrected chi connectivity index (χ2v) is 8.67. The molecule has 0 saturated carbocycles. The third-order valence-corrected chi connectivity index (χ3v) is 5.13. The Balaban J connectivity index is -0.000000162. The molecule has 2 amide bonds. The SMILES string of the molecule is CN(C)c1ccc(C(=O)[O-])cc1.CN(C)c1ccc(C(=O)[O-])cc1.NC(=O)c1cccnc1.NC(=O)c1cccnc1.O.O.[Mn+2].[OH3+].[OH3+]. The summed E-state index contributed by atoms with van der Waals surface area (Å²) >= 11 is 0. The Morgan fingerprint density at radius 3 is 0.979 bits per heavy atom. The standard InChI is InChI=1S/2C9H11NO2.2C6H6N2O.Mn.4H2O/c2*1-10(2)8-5-3-7(4-6-8)9(11)12;2*7-6(9)5-2-1-3-8-4-5;;;;;/h2*3-6H,1-2H3,(H,11,12);2*1-4H,(H2,7,9);;4*1H2/q;;;;+2;;;;. The third-order valence-electron chi connectivity index (χ3n) is 5.13. The Hall–Kier alpha value is -5.42. The van der Waals surface area contributed by atoms with Crippen LogP contribution in [0.4, 0.5) is 11.4 Å². The fraction of sp³-hybridized carbons (Fsp3) is 0.133. The van der Waals surface area contributed by atoms with Crippen LogP contribution in [0.15, 0.2) is 97.6 Å². The average Bonchev–Trinajstić information content (AvgIpc) is 2.99. The molecular weight excluding hydrogens is 659 g/mol. The number of aromatic carboxylic acids is 2. The molecule has 2 aromatic carbocycles. The number of carbonyl (C=O) groups excluding carboxylic acids is 4. The summed E-state index contributed by atoms with van der Waals surface area (Å²) in [5.74, 6) is -3.16. The molecule has 0 bridgehead atoms. The van der Waals surface area contributed by atoms with Gasteiger partial charge in [0.1, 0.15) is 0 Å². The van der Waals surface area contributed by atoms with Crippen molar-refractivity contribution in [2.24, 2.45) is 11.5 Å². The first-order valence-corrected chi connectivity index (χ1v) is 12.2. The number of pyridine rings is 2. The molecule has 1 radical (unpaired) electrons. The number of nitrogens with zero attached hydrogens (tertiary/aromatic N) is 4. The van der Waals surface area contributed by atoms with Gasteiger partial charge in [-0.15, -0.1) is 0 Å². The number of amides is 2. The van der Waals surface area contributed by atoms with E-state index in [0.717, 1.165) is 11.4 Å². The van der Waals surface area contributed by atoms with Crippen molar-refractivity contribution in [1.29, 1.82) is 0 Å². The average molecular weight is 702 g/mol. The molecule has 2 heterocycles. The maximum Gasteiger partial charge on any atom is 2.00 e. The van der Waals surface area contributed by atoms with Crippen LogP contribution in [-0.2, 0) is 28.0 Å². The van der Waals surface area contributed by atoms with Gasteiger partial charge in [0.25, 0.3) is 0 Å². The summed E-state index contributed by atoms with van der Waals surface area (Å²) in [7, 11) is 7.59. The molecule has 17 heteroatoms. The smallest absolute Gasteiger partial charge is 0.545 e. The fourth-order valence-electron chi connectivity index (χ4n) is 2.81. The van der Waals surface area contributed by atoms with Crippen LogP contribution in [0.25, 0.3) is 0 Å². The van der Waals surface area contributed by atoms with Gasteiger partial charge in [-0.25, -0.2) is 0 Å². The number of carboxylic acid groups (broad SMARTS) is 2. The molecule has 257 valence electrons. The van der Waals surface area contributed by atoms with Gasteiger partial charge in [0.2, 0.25) is 11.8 Å². The van der Waals surface area contributed by atoms with E-state index in [-0.39, 0.29) is 50.1 Å². The maximum absolute atomic E-state index is 10.4. The van der Waals surface area contributed by atoms with Crippen molar-refractivity contribution >= 4 is 35.1 Å². The van der Waals surface area contributed by atoms with Crippen molar-refractivity contribution < 1.29 is 68.4 Å². The van der Waals surface area contributed by atoms with Gasteiger partial charge in [-0.3, -0.25) is 19.6 Å². The Morgan fingerprint density at radius 1 is 0.553 bits per heavy atom. The van der Waals surface area contributed by atoms with Gasteiger partial charge in [0.05, 0.1) is 23.1 Å². The largest absolute Gasteiger partial charge is 2.00 e. The van der Waals surface area contributed by atoms with Crippen LogP contribution >= 0.6 is 0 Å². The molecule has 0 aliphatic rings. The quantitative estimate of drug-likeness (QED) is 0.152. The summed E-state index contributed by atoms with van der Waals surface area (Å²) in [6, 6.07) is 19.7. The summed E-state index contributed by atoms with van der Waals surface area (Å²) in [5, 5.41) is 20.7. The second-order valence-electron chi connectivity index (χ2n) is 8.67. The van der Waals surface area contributed by atoms with Gasteiger partial charge in [0.15, 0.2) is 0 Å². The van der Waals surface area contributed by atoms with E-state index in [9.17, 15) is 29.4 Å². The number of rotatable bonds is 6. The molecular formula is C30H42MnN6O10+2. The molecule has 14 N–H and O–H groups in total. The topological polar surface area (TPSA) is 328 Å². The first-order chi connectivity index (χ1) is 19.8. The molecule has 47 heavy (non-hydrogen) atoms. The number of benzene rings is 2. The molecule has 0 aliphatic heterocycles. The minimum Gasteiger partial charge on any atom is -0.545 e. The van der Waals surface area contributed by atoms with E-state index < -0.39 is 23.8 Å². The van der Waals surface area contributed by atoms with E-state index in [0.29, 0.717) is 11.1 Å². The van der Waals surface area contributed by atoms with Crippen molar-refractivity contribution in [3.63, 3.8) is 0 Å². The van der Waals surface area contributed by atoms with E-state index in [1.54, 1.807) is 60.9 Å². The van der Waals surface area contributed by atoms with Gasteiger partial charge >= 0.3 is 17.1 Å². The normalized spacial score (nSPS) is 8.26. The minimum atomic E-state index is -1.14. The zero-order valence-corrected chi connectivity index (χ0v) is 27.3. The molecule has 0 spiro atoms. The third kappa shape index (κ3) is 20.3. The van der Waals surface area contributed by atoms with Crippen LogP contribution in [0.2, 0.25) is 0 Å². The summed E-state index contributed by atoms with van der Waals surface area (Å²) in [6.45, 7) is 0. The number of anilines is 2. The Kier molecular flexibility index (Phi) is 29.3. The van der Waals surface area contributed by atoms with Crippen molar-refractivity contribution in [3.05, 3.63) is 120 Å². The van der Waals surface area contributed by atoms with E-state index in [1.165, 1.54) is 36.7 Å². The van der Waals surface area contributed by atoms with Crippen LogP contribution < -0.4 is 31.5 Å². The summed E-state index contributed by atoms with van der Waals surface area (Å²) < 4.78 is 0. The van der Waals surface area contributed by atoms with Crippen LogP contribution in [0.1, 0.15) is 41.4 Å². The Morgan fingerprint density at radius 2 is 0.830 bits per heavy atom. The number of nitrogens with two attached hydrogens (primary N) is 2. The molecule has 16 nitrogen and oxygen atoms in total. The molecule has 2 aromatic heterocycles. The van der Waals surface area contributed by atoms with Gasteiger partial charge < -0.3 is 63.0 Å². The molecule has 0 atom stereocenters. The van der Waals surface area contributed by atoms with E-state index >= 15 is 0 Å². The van der Waals surface area contributed by atoms with Gasteiger partial charge in [-0.1, -0.05) is 24.3 Å². The van der Waals surface area contributed by atoms with Gasteiger partial charge in [-0.2, -0.15) is 0 Å². The molecule has 4 rings (SSSR count). The number of carbonyl (C=O) groups is 4. The molecule has 4 aromatic rings. The Bertz CT molecular complexity index is 1320. The summed E-state index contributed by atoms with van der Waals surface area (Å²) in [5.41, 5.74) is 13.1. The Labute approximate surface area is 282 Å². The maximum atomic E-state index is 10.4. The second kappa shape index (κ2) is 26.9. The molecule has 0 saturated heterocycles. The number of carboxylic acids is 2. The number of hydrogen-bond donors (Lipinski definition) is 2. The van der Waals surface area contributed by atoms with Crippen LogP contribution in [-0.4, -0.2) is 72.9 Å². The van der Waals surface area contributed by atoms with E-state index in [4.69, 9.17) is 11.5 Å². The molecule has 0 fully saturated rings. The first kappa shape index (κ1) is 51.2. The van der Waals surface area contributed by atoms with Crippen molar-refractivity contribution in [3.8, 4) is 0 Å². The van der Waals surface area contributed by atoms with Gasteiger partial charge in [0, 0.05) is 64.4 Å². The molecule has 0 aliphatic carbocycles. The zero-order valence-electron chi connectivity index (χ0n) is 26.2. The number of aromatic nitrogens is 2. The van der Waals surface area contributed by atoms with Gasteiger partial charge in [-0.05, 0) is 59.7 Å². The van der Waals surface area contributed by atoms with Crippen molar-refractivity contribution in [2.45, 2.75) is 0 Å². The van der Waals surface area contributed by atoms with Crippen LogP contribution in [0.3, 0.4) is 0 Å².